The quantitative estimate of drug-likeness (QED) is 0.214. The fourth-order valence-corrected chi connectivity index (χ4v) is 7.95. The lowest BCUT2D eigenvalue weighted by Crippen LogP contribution is -2.46. The molecule has 1 aliphatic carbocycles. The number of carbonyl (C=O) groups is 1. The molecule has 2 aliphatic heterocycles. The number of hydrogen-bond donors (Lipinski definition) is 1. The van der Waals surface area contributed by atoms with Crippen molar-refractivity contribution in [3.05, 3.63) is 58.7 Å². The number of ether oxygens (including phenoxy) is 2. The van der Waals surface area contributed by atoms with E-state index < -0.39 is 25.4 Å². The molecule has 1 N–H and O–H groups in total. The summed E-state index contributed by atoms with van der Waals surface area (Å²) in [6.45, 7) is 21.5. The third-order valence-electron chi connectivity index (χ3n) is 10.8. The van der Waals surface area contributed by atoms with E-state index in [0.717, 1.165) is 43.1 Å². The van der Waals surface area contributed by atoms with Gasteiger partial charge in [-0.15, -0.1) is 0 Å². The van der Waals surface area contributed by atoms with Crippen molar-refractivity contribution in [1.29, 1.82) is 5.26 Å². The van der Waals surface area contributed by atoms with Crippen LogP contribution in [0.4, 0.5) is 22.1 Å². The van der Waals surface area contributed by atoms with Gasteiger partial charge in [0.25, 0.3) is 0 Å². The molecule has 3 aliphatic rings. The Morgan fingerprint density at radius 3 is 2.42 bits per heavy atom. The molecule has 1 atom stereocenters. The molecule has 1 saturated carbocycles. The molecule has 12 heteroatoms. The highest BCUT2D eigenvalue weighted by molar-refractivity contribution is 6.74. The highest BCUT2D eigenvalue weighted by Gasteiger charge is 2.47. The van der Waals surface area contributed by atoms with E-state index in [4.69, 9.17) is 30.5 Å². The first-order valence-corrected chi connectivity index (χ1v) is 21.7. The van der Waals surface area contributed by atoms with Crippen LogP contribution in [0.2, 0.25) is 23.2 Å². The van der Waals surface area contributed by atoms with Crippen LogP contribution >= 0.6 is 11.6 Å². The number of piperidine rings is 1. The molecular formula is C40H53ClN6O4Si. The second kappa shape index (κ2) is 14.3. The molecule has 1 aromatic heterocycles. The van der Waals surface area contributed by atoms with Gasteiger partial charge in [0.1, 0.15) is 23.5 Å². The van der Waals surface area contributed by atoms with Crippen LogP contribution < -0.4 is 15.0 Å². The fourth-order valence-electron chi connectivity index (χ4n) is 6.66. The number of aromatic nitrogens is 2. The summed E-state index contributed by atoms with van der Waals surface area (Å²) >= 11 is 6.46. The molecule has 6 rings (SSSR count). The number of benzene rings is 2. The van der Waals surface area contributed by atoms with E-state index in [9.17, 15) is 10.1 Å². The Morgan fingerprint density at radius 2 is 1.79 bits per heavy atom. The lowest BCUT2D eigenvalue weighted by molar-refractivity contribution is 0.0575. The van der Waals surface area contributed by atoms with Crippen molar-refractivity contribution < 1.29 is 18.7 Å². The van der Waals surface area contributed by atoms with Gasteiger partial charge >= 0.3 is 6.09 Å². The number of rotatable bonds is 9. The fraction of sp³-hybridized carbons (Fsp3) is 0.550. The normalized spacial score (nSPS) is 20.0. The minimum absolute atomic E-state index is 0.00120. The summed E-state index contributed by atoms with van der Waals surface area (Å²) in [6, 6.07) is 14.3. The van der Waals surface area contributed by atoms with Gasteiger partial charge in [0.05, 0.1) is 22.6 Å². The molecule has 3 heterocycles. The molecule has 1 saturated heterocycles. The van der Waals surface area contributed by atoms with Crippen LogP contribution in [-0.2, 0) is 14.6 Å². The summed E-state index contributed by atoms with van der Waals surface area (Å²) in [7, 11) is -2.15. The van der Waals surface area contributed by atoms with Gasteiger partial charge < -0.3 is 24.1 Å². The van der Waals surface area contributed by atoms with Crippen molar-refractivity contribution in [1.82, 2.24) is 14.9 Å². The molecule has 2 aromatic carbocycles. The maximum absolute atomic E-state index is 13.6. The van der Waals surface area contributed by atoms with Gasteiger partial charge in [0.2, 0.25) is 5.95 Å². The van der Waals surface area contributed by atoms with Gasteiger partial charge in [-0.2, -0.15) is 5.26 Å². The van der Waals surface area contributed by atoms with Crippen molar-refractivity contribution in [3.63, 3.8) is 0 Å². The van der Waals surface area contributed by atoms with E-state index in [2.05, 4.69) is 62.1 Å². The minimum Gasteiger partial charge on any atom is -0.488 e. The van der Waals surface area contributed by atoms with Crippen molar-refractivity contribution in [2.75, 3.05) is 36.5 Å². The molecule has 0 spiro atoms. The van der Waals surface area contributed by atoms with Crippen molar-refractivity contribution in [3.8, 4) is 23.1 Å². The second-order valence-electron chi connectivity index (χ2n) is 17.3. The van der Waals surface area contributed by atoms with E-state index >= 15 is 0 Å². The van der Waals surface area contributed by atoms with Crippen LogP contribution in [0.3, 0.4) is 0 Å². The molecule has 0 radical (unpaired) electrons. The average Bonchev–Trinajstić information content (AvgIpc) is 3.88. The standard InChI is InChI=1S/C40H53ClN6O4Si/c1-38(2,3)51-37(48)47-24-40(7,25-49-52(8,9)39(4,5)6)31-21-26(20-27(23-42)35(31)47)32-14-17-43-36(44-32)45-33-22-28(41)10-13-34(33)50-30-15-18-46(19-16-30)29-11-12-29/h10,13-14,17,20-22,29-30H,11-12,15-16,18-19,24-25H2,1-9H3,(H,43,44,45). The Hall–Kier alpha value is -3.69. The van der Waals surface area contributed by atoms with Gasteiger partial charge in [-0.05, 0) is 107 Å². The highest BCUT2D eigenvalue weighted by atomic mass is 35.5. The summed E-state index contributed by atoms with van der Waals surface area (Å²) < 4.78 is 19.1. The van der Waals surface area contributed by atoms with Crippen LogP contribution in [0.5, 0.6) is 5.75 Å². The summed E-state index contributed by atoms with van der Waals surface area (Å²) in [5, 5.41) is 14.4. The van der Waals surface area contributed by atoms with E-state index in [1.165, 1.54) is 12.8 Å². The molecule has 1 unspecified atom stereocenters. The molecule has 0 bridgehead atoms. The largest absolute Gasteiger partial charge is 0.488 e. The van der Waals surface area contributed by atoms with E-state index in [-0.39, 0.29) is 11.1 Å². The summed E-state index contributed by atoms with van der Waals surface area (Å²) in [4.78, 5) is 27.2. The number of hydrogen-bond acceptors (Lipinski definition) is 9. The number of nitrogens with one attached hydrogen (secondary N) is 1. The molecule has 278 valence electrons. The van der Waals surface area contributed by atoms with Crippen LogP contribution in [0, 0.1) is 11.3 Å². The number of nitriles is 1. The number of halogens is 1. The Bertz CT molecular complexity index is 1860. The average molecular weight is 745 g/mol. The molecule has 3 aromatic rings. The smallest absolute Gasteiger partial charge is 0.414 e. The van der Waals surface area contributed by atoms with E-state index in [0.29, 0.717) is 52.5 Å². The highest BCUT2D eigenvalue weighted by Crippen LogP contribution is 2.47. The molecular weight excluding hydrogens is 692 g/mol. The molecule has 52 heavy (non-hydrogen) atoms. The molecule has 2 fully saturated rings. The number of fused-ring (bicyclic) bond motifs is 1. The third-order valence-corrected chi connectivity index (χ3v) is 15.5. The van der Waals surface area contributed by atoms with Crippen LogP contribution in [-0.4, -0.2) is 73.3 Å². The van der Waals surface area contributed by atoms with E-state index in [1.54, 1.807) is 17.2 Å². The van der Waals surface area contributed by atoms with Gasteiger partial charge in [-0.25, -0.2) is 14.8 Å². The minimum atomic E-state index is -2.15. The van der Waals surface area contributed by atoms with Gasteiger partial charge in [-0.1, -0.05) is 39.3 Å². The third kappa shape index (κ3) is 8.41. The monoisotopic (exact) mass is 744 g/mol. The number of amides is 1. The zero-order chi connectivity index (χ0) is 37.6. The summed E-state index contributed by atoms with van der Waals surface area (Å²) in [6.07, 6.45) is 5.91. The summed E-state index contributed by atoms with van der Waals surface area (Å²) in [5.41, 5.74) is 2.49. The van der Waals surface area contributed by atoms with E-state index in [1.807, 2.05) is 51.1 Å². The van der Waals surface area contributed by atoms with Crippen molar-refractivity contribution >= 4 is 43.3 Å². The van der Waals surface area contributed by atoms with Gasteiger partial charge in [0, 0.05) is 54.5 Å². The summed E-state index contributed by atoms with van der Waals surface area (Å²) in [5.74, 6) is 1.07. The first-order valence-electron chi connectivity index (χ1n) is 18.4. The first-order chi connectivity index (χ1) is 24.4. The predicted octanol–water partition coefficient (Wildman–Crippen LogP) is 9.45. The zero-order valence-electron chi connectivity index (χ0n) is 32.1. The second-order valence-corrected chi connectivity index (χ2v) is 22.6. The Balaban J connectivity index is 1.31. The number of carbonyl (C=O) groups excluding carboxylic acids is 1. The number of likely N-dealkylation sites (tertiary alicyclic amines) is 1. The SMILES string of the molecule is CC(C)(C)OC(=O)N1CC(C)(CO[Si](C)(C)C(C)(C)C)c2cc(-c3ccnc(Nc4cc(Cl)ccc4OC4CCN(C5CC5)CC4)n3)cc(C#N)c21. The maximum Gasteiger partial charge on any atom is 0.414 e. The predicted molar refractivity (Wildman–Crippen MR) is 209 cm³/mol. The van der Waals surface area contributed by atoms with Crippen LogP contribution in [0.25, 0.3) is 11.3 Å². The topological polar surface area (TPSA) is 113 Å². The zero-order valence-corrected chi connectivity index (χ0v) is 33.9. The molecule has 1 amide bonds. The Kier molecular flexibility index (Phi) is 10.4. The Labute approximate surface area is 314 Å². The number of anilines is 3. The van der Waals surface area contributed by atoms with Crippen molar-refractivity contribution in [2.24, 2.45) is 0 Å². The lowest BCUT2D eigenvalue weighted by atomic mass is 9.83. The van der Waals surface area contributed by atoms with Crippen LogP contribution in [0.1, 0.15) is 85.3 Å². The Morgan fingerprint density at radius 1 is 1.08 bits per heavy atom. The van der Waals surface area contributed by atoms with Crippen molar-refractivity contribution in [2.45, 2.75) is 115 Å². The molecule has 10 nitrogen and oxygen atoms in total. The van der Waals surface area contributed by atoms with Gasteiger partial charge in [-0.3, -0.25) is 4.90 Å². The van der Waals surface area contributed by atoms with Gasteiger partial charge in [0.15, 0.2) is 8.32 Å². The maximum atomic E-state index is 13.6. The number of nitrogens with zero attached hydrogens (tertiary/aromatic N) is 5. The van der Waals surface area contributed by atoms with Crippen LogP contribution in [0.15, 0.2) is 42.6 Å². The lowest BCUT2D eigenvalue weighted by Gasteiger charge is -2.39. The first kappa shape index (κ1) is 38.0.